The van der Waals surface area contributed by atoms with Crippen LogP contribution in [0.25, 0.3) is 0 Å². The van der Waals surface area contributed by atoms with Crippen LogP contribution >= 0.6 is 0 Å². The molecule has 2 aromatic rings. The van der Waals surface area contributed by atoms with Crippen LogP contribution in [0.4, 0.5) is 11.4 Å². The normalized spacial score (nSPS) is 13.8. The van der Waals surface area contributed by atoms with Crippen molar-refractivity contribution in [2.45, 2.75) is 0 Å². The van der Waals surface area contributed by atoms with Gasteiger partial charge in [-0.3, -0.25) is 14.6 Å². The zero-order valence-electron chi connectivity index (χ0n) is 14.9. The third-order valence-corrected chi connectivity index (χ3v) is 4.35. The van der Waals surface area contributed by atoms with Gasteiger partial charge < -0.3 is 19.9 Å². The van der Waals surface area contributed by atoms with Crippen LogP contribution in [-0.4, -0.2) is 66.4 Å². The zero-order chi connectivity index (χ0) is 19.2. The molecule has 140 valence electrons. The Morgan fingerprint density at radius 1 is 1.15 bits per heavy atom. The molecule has 3 rings (SSSR count). The second-order valence-corrected chi connectivity index (χ2v) is 6.06. The van der Waals surface area contributed by atoms with Crippen molar-refractivity contribution in [3.05, 3.63) is 53.9 Å². The van der Waals surface area contributed by atoms with Gasteiger partial charge in [-0.05, 0) is 18.2 Å². The van der Waals surface area contributed by atoms with Gasteiger partial charge in [0, 0.05) is 32.4 Å². The number of amides is 2. The molecule has 0 unspecified atom stereocenters. The van der Waals surface area contributed by atoms with Crippen LogP contribution in [0.2, 0.25) is 0 Å². The molecule has 1 aliphatic rings. The number of carbonyl (C=O) groups excluding carboxylic acids is 3. The first-order valence-electron chi connectivity index (χ1n) is 8.50. The number of pyridine rings is 1. The molecule has 1 aromatic carbocycles. The molecule has 1 N–H and O–H groups in total. The number of para-hydroxylation sites is 1. The number of nitrogens with zero attached hydrogens (tertiary/aromatic N) is 3. The van der Waals surface area contributed by atoms with Gasteiger partial charge in [-0.15, -0.1) is 0 Å². The average molecular weight is 368 g/mol. The number of hydrogen-bond donors (Lipinski definition) is 1. The zero-order valence-corrected chi connectivity index (χ0v) is 14.9. The summed E-state index contributed by atoms with van der Waals surface area (Å²) in [4.78, 5) is 42.9. The number of rotatable bonds is 5. The van der Waals surface area contributed by atoms with Crippen LogP contribution in [0, 0.1) is 0 Å². The molecule has 27 heavy (non-hydrogen) atoms. The van der Waals surface area contributed by atoms with Crippen LogP contribution in [0.3, 0.4) is 0 Å². The molecule has 2 heterocycles. The van der Waals surface area contributed by atoms with E-state index >= 15 is 0 Å². The average Bonchev–Trinajstić information content (AvgIpc) is 2.73. The quantitative estimate of drug-likeness (QED) is 0.636. The summed E-state index contributed by atoms with van der Waals surface area (Å²) in [6.07, 6.45) is 3.88. The highest BCUT2D eigenvalue weighted by atomic mass is 16.5. The summed E-state index contributed by atoms with van der Waals surface area (Å²) in [5, 5.41) is 3.11. The number of carbonyl (C=O) groups is 3. The van der Waals surface area contributed by atoms with Crippen LogP contribution in [0.1, 0.15) is 20.7 Å². The maximum absolute atomic E-state index is 12.7. The number of esters is 1. The predicted molar refractivity (Wildman–Crippen MR) is 98.8 cm³/mol. The molecule has 0 saturated carbocycles. The number of ether oxygens (including phenoxy) is 1. The van der Waals surface area contributed by atoms with Crippen LogP contribution in [-0.2, 0) is 9.53 Å². The minimum absolute atomic E-state index is 0.141. The molecule has 0 radical (unpaired) electrons. The first kappa shape index (κ1) is 18.4. The third kappa shape index (κ3) is 4.22. The van der Waals surface area contributed by atoms with Gasteiger partial charge >= 0.3 is 5.97 Å². The Hall–Kier alpha value is -3.42. The fourth-order valence-corrected chi connectivity index (χ4v) is 2.87. The summed E-state index contributed by atoms with van der Waals surface area (Å²) in [7, 11) is 1.32. The summed E-state index contributed by atoms with van der Waals surface area (Å²) < 4.78 is 4.79. The number of piperazine rings is 1. The smallest absolute Gasteiger partial charge is 0.339 e. The highest BCUT2D eigenvalue weighted by Crippen LogP contribution is 2.22. The molecule has 8 heteroatoms. The van der Waals surface area contributed by atoms with Gasteiger partial charge in [-0.25, -0.2) is 4.79 Å². The van der Waals surface area contributed by atoms with E-state index in [1.807, 2.05) is 0 Å². The second-order valence-electron chi connectivity index (χ2n) is 6.06. The summed E-state index contributed by atoms with van der Waals surface area (Å²) in [6.45, 7) is 2.01. The summed E-state index contributed by atoms with van der Waals surface area (Å²) in [6, 6.07) is 8.64. The van der Waals surface area contributed by atoms with E-state index < -0.39 is 5.97 Å². The van der Waals surface area contributed by atoms with E-state index in [0.717, 1.165) is 6.41 Å². The van der Waals surface area contributed by atoms with Crippen molar-refractivity contribution in [3.63, 3.8) is 0 Å². The molecular formula is C19H20N4O4. The molecular weight excluding hydrogens is 348 g/mol. The highest BCUT2D eigenvalue weighted by molar-refractivity contribution is 5.97. The maximum atomic E-state index is 12.7. The van der Waals surface area contributed by atoms with E-state index in [9.17, 15) is 14.4 Å². The fraction of sp³-hybridized carbons (Fsp3) is 0.263. The SMILES string of the molecule is COC(=O)c1ccccc1Nc1cncc(C(=O)N2CCN(C=O)CC2)c1. The predicted octanol–water partition coefficient (Wildman–Crippen LogP) is 1.53. The number of aromatic nitrogens is 1. The lowest BCUT2D eigenvalue weighted by Crippen LogP contribution is -2.48. The van der Waals surface area contributed by atoms with E-state index in [4.69, 9.17) is 4.74 Å². The van der Waals surface area contributed by atoms with Crippen LogP contribution < -0.4 is 5.32 Å². The minimum atomic E-state index is -0.452. The Kier molecular flexibility index (Phi) is 5.65. The van der Waals surface area contributed by atoms with Gasteiger partial charge in [0.2, 0.25) is 6.41 Å². The maximum Gasteiger partial charge on any atom is 0.339 e. The van der Waals surface area contributed by atoms with E-state index in [2.05, 4.69) is 10.3 Å². The standard InChI is InChI=1S/C19H20N4O4/c1-27-19(26)16-4-2-3-5-17(16)21-15-10-14(11-20-12-15)18(25)23-8-6-22(13-24)7-9-23/h2-5,10-13,21H,6-9H2,1H3. The Balaban J connectivity index is 1.76. The molecule has 0 bridgehead atoms. The lowest BCUT2D eigenvalue weighted by Gasteiger charge is -2.32. The number of benzene rings is 1. The first-order valence-corrected chi connectivity index (χ1v) is 8.50. The van der Waals surface area contributed by atoms with E-state index in [1.54, 1.807) is 46.3 Å². The molecule has 0 aliphatic carbocycles. The van der Waals surface area contributed by atoms with Gasteiger partial charge in [-0.1, -0.05) is 12.1 Å². The number of hydrogen-bond acceptors (Lipinski definition) is 6. The Morgan fingerprint density at radius 2 is 1.89 bits per heavy atom. The van der Waals surface area contributed by atoms with Crippen LogP contribution in [0.5, 0.6) is 0 Å². The van der Waals surface area contributed by atoms with Crippen molar-refractivity contribution in [2.24, 2.45) is 0 Å². The molecule has 8 nitrogen and oxygen atoms in total. The largest absolute Gasteiger partial charge is 0.465 e. The van der Waals surface area contributed by atoms with Gasteiger partial charge in [0.05, 0.1) is 35.8 Å². The highest BCUT2D eigenvalue weighted by Gasteiger charge is 2.22. The molecule has 1 aliphatic heterocycles. The number of nitrogens with one attached hydrogen (secondary N) is 1. The van der Waals surface area contributed by atoms with Crippen LogP contribution in [0.15, 0.2) is 42.7 Å². The molecule has 2 amide bonds. The van der Waals surface area contributed by atoms with Crippen molar-refractivity contribution in [3.8, 4) is 0 Å². The van der Waals surface area contributed by atoms with Crippen molar-refractivity contribution < 1.29 is 19.1 Å². The van der Waals surface area contributed by atoms with Crippen molar-refractivity contribution in [2.75, 3.05) is 38.6 Å². The molecule has 1 fully saturated rings. The molecule has 0 atom stereocenters. The topological polar surface area (TPSA) is 91.8 Å². The van der Waals surface area contributed by atoms with Crippen molar-refractivity contribution >= 4 is 29.7 Å². The molecule has 0 spiro atoms. The van der Waals surface area contributed by atoms with Gasteiger partial charge in [-0.2, -0.15) is 0 Å². The third-order valence-electron chi connectivity index (χ3n) is 4.35. The summed E-state index contributed by atoms with van der Waals surface area (Å²) >= 11 is 0. The minimum Gasteiger partial charge on any atom is -0.465 e. The monoisotopic (exact) mass is 368 g/mol. The Labute approximate surface area is 156 Å². The molecule has 1 saturated heterocycles. The van der Waals surface area contributed by atoms with E-state index in [0.29, 0.717) is 48.7 Å². The second kappa shape index (κ2) is 8.31. The summed E-state index contributed by atoms with van der Waals surface area (Å²) in [5.74, 6) is -0.593. The first-order chi connectivity index (χ1) is 13.1. The van der Waals surface area contributed by atoms with Crippen molar-refractivity contribution in [1.29, 1.82) is 0 Å². The van der Waals surface area contributed by atoms with E-state index in [1.165, 1.54) is 13.3 Å². The van der Waals surface area contributed by atoms with Gasteiger partial charge in [0.25, 0.3) is 5.91 Å². The van der Waals surface area contributed by atoms with Gasteiger partial charge in [0.1, 0.15) is 0 Å². The summed E-state index contributed by atoms with van der Waals surface area (Å²) in [5.41, 5.74) is 1.98. The Morgan fingerprint density at radius 3 is 2.59 bits per heavy atom. The number of anilines is 2. The van der Waals surface area contributed by atoms with Crippen molar-refractivity contribution in [1.82, 2.24) is 14.8 Å². The molecule has 1 aromatic heterocycles. The lowest BCUT2D eigenvalue weighted by atomic mass is 10.1. The Bertz CT molecular complexity index is 847. The van der Waals surface area contributed by atoms with E-state index in [-0.39, 0.29) is 5.91 Å². The number of methoxy groups -OCH3 is 1. The van der Waals surface area contributed by atoms with Gasteiger partial charge in [0.15, 0.2) is 0 Å². The fourth-order valence-electron chi connectivity index (χ4n) is 2.87. The lowest BCUT2D eigenvalue weighted by molar-refractivity contribution is -0.119.